The predicted octanol–water partition coefficient (Wildman–Crippen LogP) is 3.37. The van der Waals surface area contributed by atoms with Crippen molar-refractivity contribution in [3.8, 4) is 0 Å². The second kappa shape index (κ2) is 7.01. The maximum absolute atomic E-state index is 13.1. The summed E-state index contributed by atoms with van der Waals surface area (Å²) in [6, 6.07) is 5.37. The van der Waals surface area contributed by atoms with Gasteiger partial charge in [0.05, 0.1) is 22.5 Å². The molecule has 1 aromatic rings. The lowest BCUT2D eigenvalue weighted by Crippen LogP contribution is -2.64. The number of carbonyl (C=O) groups is 3. The van der Waals surface area contributed by atoms with E-state index in [2.05, 4.69) is 19.4 Å². The molecular formula is C21H24N4O4S. The van der Waals surface area contributed by atoms with Gasteiger partial charge >= 0.3 is 5.97 Å². The van der Waals surface area contributed by atoms with E-state index in [1.165, 1.54) is 6.92 Å². The number of amides is 2. The number of esters is 1. The first-order valence-corrected chi connectivity index (χ1v) is 11.1. The van der Waals surface area contributed by atoms with E-state index in [-0.39, 0.29) is 24.0 Å². The van der Waals surface area contributed by atoms with Gasteiger partial charge in [-0.05, 0) is 62.5 Å². The maximum Gasteiger partial charge on any atom is 0.312 e. The zero-order chi connectivity index (χ0) is 20.9. The SMILES string of the molecule is CC(=O)NC12C[C@H]3C[C@H](C1)CC(C(=O)OCC(=O)Nc1cccc4c1N=S=N4)(C3)C2. The molecule has 1 aliphatic heterocycles. The molecule has 2 amide bonds. The minimum Gasteiger partial charge on any atom is -0.455 e. The zero-order valence-corrected chi connectivity index (χ0v) is 17.6. The van der Waals surface area contributed by atoms with Gasteiger partial charge in [0.1, 0.15) is 11.4 Å². The highest BCUT2D eigenvalue weighted by atomic mass is 32.1. The Morgan fingerprint density at radius 3 is 2.67 bits per heavy atom. The van der Waals surface area contributed by atoms with Crippen LogP contribution in [0.1, 0.15) is 45.4 Å². The zero-order valence-electron chi connectivity index (χ0n) is 16.8. The summed E-state index contributed by atoms with van der Waals surface area (Å²) >= 11 is 1.08. The molecule has 0 radical (unpaired) electrons. The van der Waals surface area contributed by atoms with Crippen LogP contribution in [0.5, 0.6) is 0 Å². The monoisotopic (exact) mass is 428 g/mol. The average molecular weight is 429 g/mol. The number of benzene rings is 1. The third-order valence-corrected chi connectivity index (χ3v) is 7.37. The van der Waals surface area contributed by atoms with Crippen LogP contribution in [0.15, 0.2) is 26.9 Å². The third kappa shape index (κ3) is 3.34. The Morgan fingerprint density at radius 2 is 1.93 bits per heavy atom. The smallest absolute Gasteiger partial charge is 0.312 e. The van der Waals surface area contributed by atoms with Gasteiger partial charge in [-0.3, -0.25) is 14.4 Å². The summed E-state index contributed by atoms with van der Waals surface area (Å²) in [5.74, 6) is 0.0919. The van der Waals surface area contributed by atoms with E-state index in [0.29, 0.717) is 35.3 Å². The highest BCUT2D eigenvalue weighted by Crippen LogP contribution is 2.62. The van der Waals surface area contributed by atoms with E-state index >= 15 is 0 Å². The van der Waals surface area contributed by atoms with Crippen LogP contribution in [0, 0.1) is 17.3 Å². The topological polar surface area (TPSA) is 109 Å². The summed E-state index contributed by atoms with van der Waals surface area (Å²) in [7, 11) is 0. The summed E-state index contributed by atoms with van der Waals surface area (Å²) in [6.45, 7) is 1.20. The number of carbonyl (C=O) groups excluding carboxylic acids is 3. The van der Waals surface area contributed by atoms with Crippen LogP contribution >= 0.6 is 0 Å². The number of nitrogens with zero attached hydrogens (tertiary/aromatic N) is 2. The number of hydrogen-bond donors (Lipinski definition) is 2. The Kier molecular flexibility index (Phi) is 4.53. The fraction of sp³-hybridized carbons (Fsp3) is 0.571. The normalized spacial score (nSPS) is 32.3. The van der Waals surface area contributed by atoms with Gasteiger partial charge in [0.15, 0.2) is 6.61 Å². The lowest BCUT2D eigenvalue weighted by Gasteiger charge is -2.60. The van der Waals surface area contributed by atoms with E-state index < -0.39 is 11.3 Å². The Hall–Kier alpha value is -2.55. The molecule has 4 aliphatic carbocycles. The molecule has 0 unspecified atom stereocenters. The Bertz CT molecular complexity index is 1000. The molecule has 0 saturated heterocycles. The molecule has 9 heteroatoms. The Balaban J connectivity index is 1.25. The summed E-state index contributed by atoms with van der Waals surface area (Å²) in [5, 5.41) is 5.91. The van der Waals surface area contributed by atoms with Crippen molar-refractivity contribution in [2.24, 2.45) is 26.0 Å². The average Bonchev–Trinajstić information content (AvgIpc) is 3.14. The van der Waals surface area contributed by atoms with Gasteiger partial charge in [-0.25, -0.2) is 0 Å². The first-order chi connectivity index (χ1) is 14.4. The van der Waals surface area contributed by atoms with E-state index in [4.69, 9.17) is 4.74 Å². The standard InChI is InChI=1S/C21H24N4O4S/c1-12(26)23-21-8-13-5-14(9-21)7-20(6-13,11-21)19(28)29-10-17(27)22-15-3-2-4-16-18(15)25-30-24-16/h2-4,13-14H,5-11H2,1H3,(H,22,27)(H,23,26)/t13-,14-,20?,21?/m0/s1. The van der Waals surface area contributed by atoms with Gasteiger partial charge in [0.25, 0.3) is 5.91 Å². The number of ether oxygens (including phenoxy) is 1. The first-order valence-electron chi connectivity index (χ1n) is 10.3. The molecule has 4 saturated carbocycles. The van der Waals surface area contributed by atoms with Crippen LogP contribution in [0.2, 0.25) is 0 Å². The van der Waals surface area contributed by atoms with Crippen molar-refractivity contribution in [2.45, 2.75) is 51.0 Å². The second-order valence-electron chi connectivity index (χ2n) is 9.26. The molecule has 30 heavy (non-hydrogen) atoms. The minimum absolute atomic E-state index is 0.0504. The number of rotatable bonds is 5. The highest BCUT2D eigenvalue weighted by molar-refractivity contribution is 7.58. The fourth-order valence-electron chi connectivity index (χ4n) is 6.40. The van der Waals surface area contributed by atoms with Crippen LogP contribution in [0.4, 0.5) is 17.1 Å². The molecule has 6 rings (SSSR count). The van der Waals surface area contributed by atoms with E-state index in [9.17, 15) is 14.4 Å². The van der Waals surface area contributed by atoms with E-state index in [1.807, 2.05) is 6.07 Å². The molecule has 0 aromatic heterocycles. The van der Waals surface area contributed by atoms with Gasteiger partial charge in [-0.2, -0.15) is 8.73 Å². The van der Waals surface area contributed by atoms with E-state index in [0.717, 1.165) is 43.5 Å². The number of nitrogens with one attached hydrogen (secondary N) is 2. The van der Waals surface area contributed by atoms with E-state index in [1.54, 1.807) is 12.1 Å². The van der Waals surface area contributed by atoms with Gasteiger partial charge in [-0.1, -0.05) is 6.07 Å². The van der Waals surface area contributed by atoms with Crippen molar-refractivity contribution in [3.05, 3.63) is 18.2 Å². The Morgan fingerprint density at radius 1 is 1.17 bits per heavy atom. The molecular weight excluding hydrogens is 404 g/mol. The molecule has 1 aromatic carbocycles. The molecule has 1 heterocycles. The second-order valence-corrected chi connectivity index (χ2v) is 9.79. The lowest BCUT2D eigenvalue weighted by molar-refractivity contribution is -0.176. The van der Waals surface area contributed by atoms with Gasteiger partial charge in [0.2, 0.25) is 5.91 Å². The number of anilines is 1. The van der Waals surface area contributed by atoms with Crippen LogP contribution < -0.4 is 10.6 Å². The number of hydrogen-bond acceptors (Lipinski definition) is 6. The molecule has 5 aliphatic rings. The molecule has 2 atom stereocenters. The van der Waals surface area contributed by atoms with Crippen LogP contribution in [-0.2, 0) is 30.5 Å². The first kappa shape index (κ1) is 19.4. The summed E-state index contributed by atoms with van der Waals surface area (Å²) in [4.78, 5) is 37.3. The quantitative estimate of drug-likeness (QED) is 0.712. The summed E-state index contributed by atoms with van der Waals surface area (Å²) < 4.78 is 13.9. The van der Waals surface area contributed by atoms with Crippen molar-refractivity contribution in [1.29, 1.82) is 0 Å². The van der Waals surface area contributed by atoms with Crippen molar-refractivity contribution in [1.82, 2.24) is 5.32 Å². The van der Waals surface area contributed by atoms with Crippen molar-refractivity contribution in [3.63, 3.8) is 0 Å². The third-order valence-electron chi connectivity index (χ3n) is 6.83. The molecule has 2 N–H and O–H groups in total. The van der Waals surface area contributed by atoms with Gasteiger partial charge < -0.3 is 15.4 Å². The van der Waals surface area contributed by atoms with Crippen LogP contribution in [0.3, 0.4) is 0 Å². The predicted molar refractivity (Wildman–Crippen MR) is 111 cm³/mol. The molecule has 158 valence electrons. The van der Waals surface area contributed by atoms with Gasteiger partial charge in [-0.15, -0.1) is 0 Å². The molecule has 4 bridgehead atoms. The largest absolute Gasteiger partial charge is 0.455 e. The minimum atomic E-state index is -0.592. The van der Waals surface area contributed by atoms with Crippen LogP contribution in [-0.4, -0.2) is 29.9 Å². The Labute approximate surface area is 178 Å². The van der Waals surface area contributed by atoms with Crippen molar-refractivity contribution >= 4 is 46.2 Å². The maximum atomic E-state index is 13.1. The van der Waals surface area contributed by atoms with Crippen LogP contribution in [0.25, 0.3) is 0 Å². The van der Waals surface area contributed by atoms with Crippen molar-refractivity contribution in [2.75, 3.05) is 11.9 Å². The molecule has 8 nitrogen and oxygen atoms in total. The highest BCUT2D eigenvalue weighted by Gasteiger charge is 2.61. The molecule has 4 fully saturated rings. The van der Waals surface area contributed by atoms with Gasteiger partial charge in [0, 0.05) is 12.5 Å². The summed E-state index contributed by atoms with van der Waals surface area (Å²) in [6.07, 6.45) is 5.16. The summed E-state index contributed by atoms with van der Waals surface area (Å²) in [5.41, 5.74) is 1.00. The lowest BCUT2D eigenvalue weighted by atomic mass is 9.47. The number of fused-ring (bicyclic) bond motifs is 1. The molecule has 0 spiro atoms. The van der Waals surface area contributed by atoms with Crippen molar-refractivity contribution < 1.29 is 19.1 Å². The fourth-order valence-corrected chi connectivity index (χ4v) is 6.95.